The summed E-state index contributed by atoms with van der Waals surface area (Å²) < 4.78 is 23.2. The van der Waals surface area contributed by atoms with Gasteiger partial charge in [-0.05, 0) is 38.3 Å². The number of rotatable bonds is 3. The number of epoxide rings is 1. The van der Waals surface area contributed by atoms with E-state index in [0.29, 0.717) is 29.6 Å². The van der Waals surface area contributed by atoms with Gasteiger partial charge in [-0.15, -0.1) is 0 Å². The Morgan fingerprint density at radius 1 is 1.23 bits per heavy atom. The molecule has 2 heterocycles. The fourth-order valence-electron chi connectivity index (χ4n) is 5.69. The molecule has 4 rings (SSSR count). The van der Waals surface area contributed by atoms with Gasteiger partial charge in [0, 0.05) is 30.3 Å². The van der Waals surface area contributed by atoms with Gasteiger partial charge in [0.15, 0.2) is 12.4 Å². The minimum absolute atomic E-state index is 0.147. The lowest BCUT2D eigenvalue weighted by atomic mass is 9.51. The minimum atomic E-state index is -1.98. The zero-order chi connectivity index (χ0) is 22.2. The Labute approximate surface area is 175 Å². The molecule has 2 aliphatic carbocycles. The molecule has 3 fully saturated rings. The number of hydrogen-bond acceptors (Lipinski definition) is 8. The average Bonchev–Trinajstić information content (AvgIpc) is 3.35. The molecule has 0 aromatic carbocycles. The first-order valence-corrected chi connectivity index (χ1v) is 10.4. The Morgan fingerprint density at radius 2 is 1.90 bits per heavy atom. The number of fused-ring (bicyclic) bond motifs is 1. The van der Waals surface area contributed by atoms with Crippen LogP contribution in [-0.4, -0.2) is 58.1 Å². The van der Waals surface area contributed by atoms with Crippen LogP contribution >= 0.6 is 0 Å². The Morgan fingerprint density at radius 3 is 2.50 bits per heavy atom. The highest BCUT2D eigenvalue weighted by Gasteiger charge is 2.84. The van der Waals surface area contributed by atoms with E-state index in [1.807, 2.05) is 13.8 Å². The van der Waals surface area contributed by atoms with Gasteiger partial charge in [0.1, 0.15) is 11.7 Å². The minimum Gasteiger partial charge on any atom is -0.462 e. The van der Waals surface area contributed by atoms with Crippen molar-refractivity contribution < 1.29 is 38.7 Å². The summed E-state index contributed by atoms with van der Waals surface area (Å²) in [4.78, 5) is 24.4. The van der Waals surface area contributed by atoms with Crippen molar-refractivity contribution in [2.75, 3.05) is 0 Å². The second kappa shape index (κ2) is 6.63. The van der Waals surface area contributed by atoms with Gasteiger partial charge in [-0.3, -0.25) is 4.79 Å². The van der Waals surface area contributed by atoms with Crippen LogP contribution in [0.2, 0.25) is 0 Å². The summed E-state index contributed by atoms with van der Waals surface area (Å²) in [5, 5.41) is 21.9. The van der Waals surface area contributed by atoms with Crippen molar-refractivity contribution in [3.63, 3.8) is 0 Å². The molecule has 0 amide bonds. The van der Waals surface area contributed by atoms with Gasteiger partial charge in [0.05, 0.1) is 6.10 Å². The van der Waals surface area contributed by atoms with Crippen LogP contribution in [0.3, 0.4) is 0 Å². The maximum absolute atomic E-state index is 12.7. The van der Waals surface area contributed by atoms with Crippen LogP contribution < -0.4 is 0 Å². The van der Waals surface area contributed by atoms with Crippen LogP contribution in [0.25, 0.3) is 0 Å². The first-order valence-electron chi connectivity index (χ1n) is 10.4. The number of carbonyl (C=O) groups excluding carboxylic acids is 2. The zero-order valence-corrected chi connectivity index (χ0v) is 18.2. The molecule has 2 saturated carbocycles. The van der Waals surface area contributed by atoms with E-state index >= 15 is 0 Å². The van der Waals surface area contributed by atoms with E-state index < -0.39 is 35.2 Å². The van der Waals surface area contributed by atoms with E-state index in [4.69, 9.17) is 18.9 Å². The smallest absolute Gasteiger partial charge is 0.333 e. The highest BCUT2D eigenvalue weighted by Crippen LogP contribution is 2.71. The molecular formula is C22H30O8. The summed E-state index contributed by atoms with van der Waals surface area (Å²) in [5.74, 6) is -3.07. The van der Waals surface area contributed by atoms with Gasteiger partial charge in [-0.25, -0.2) is 4.79 Å². The third-order valence-electron chi connectivity index (χ3n) is 7.82. The Hall–Kier alpha value is -1.74. The van der Waals surface area contributed by atoms with Crippen molar-refractivity contribution in [2.24, 2.45) is 11.3 Å². The SMILES string of the molecule is CC=C(C)C(=O)OC1C2(O)OC(O)C(C)=C2CC2(C)C(C)C(OC(C)=O)CC3OC312. The number of hydrogen-bond donors (Lipinski definition) is 2. The van der Waals surface area contributed by atoms with Crippen molar-refractivity contribution in [1.82, 2.24) is 0 Å². The molecule has 0 bridgehead atoms. The van der Waals surface area contributed by atoms with Gasteiger partial charge < -0.3 is 29.2 Å². The highest BCUT2D eigenvalue weighted by atomic mass is 16.7. The van der Waals surface area contributed by atoms with Gasteiger partial charge in [0.25, 0.3) is 0 Å². The standard InChI is InChI=1S/C22H30O8/c1-7-10(2)17(24)28-19-21-16(29-21)8-15(27-13(5)23)12(4)20(21,6)9-14-11(3)18(25)30-22(14,19)26/h7,12,15-16,18-19,25-26H,8-9H2,1-6H3. The molecule has 1 saturated heterocycles. The Bertz CT molecular complexity index is 861. The molecule has 4 aliphatic rings. The van der Waals surface area contributed by atoms with E-state index in [-0.39, 0.29) is 24.1 Å². The normalized spacial score (nSPS) is 47.2. The predicted octanol–water partition coefficient (Wildman–Crippen LogP) is 1.74. The third kappa shape index (κ3) is 2.60. The van der Waals surface area contributed by atoms with Gasteiger partial charge in [-0.2, -0.15) is 0 Å². The quantitative estimate of drug-likeness (QED) is 0.306. The van der Waals surface area contributed by atoms with Crippen LogP contribution in [0.5, 0.6) is 0 Å². The molecule has 30 heavy (non-hydrogen) atoms. The molecule has 0 aromatic rings. The predicted molar refractivity (Wildman–Crippen MR) is 104 cm³/mol. The summed E-state index contributed by atoms with van der Waals surface area (Å²) in [6.45, 7) is 10.4. The number of aliphatic hydroxyl groups excluding tert-OH is 1. The first kappa shape index (κ1) is 21.5. The van der Waals surface area contributed by atoms with Gasteiger partial charge >= 0.3 is 11.9 Å². The topological polar surface area (TPSA) is 115 Å². The molecule has 1 spiro atoms. The lowest BCUT2D eigenvalue weighted by Crippen LogP contribution is -2.69. The maximum Gasteiger partial charge on any atom is 0.333 e. The molecule has 8 heteroatoms. The molecule has 166 valence electrons. The van der Waals surface area contributed by atoms with Crippen molar-refractivity contribution in [2.45, 2.75) is 90.4 Å². The molecule has 2 N–H and O–H groups in total. The summed E-state index contributed by atoms with van der Waals surface area (Å²) in [5.41, 5.74) is -0.252. The van der Waals surface area contributed by atoms with Crippen molar-refractivity contribution in [3.8, 4) is 0 Å². The summed E-state index contributed by atoms with van der Waals surface area (Å²) >= 11 is 0. The lowest BCUT2D eigenvalue weighted by molar-refractivity contribution is -0.304. The molecule has 8 nitrogen and oxygen atoms in total. The van der Waals surface area contributed by atoms with E-state index in [9.17, 15) is 19.8 Å². The van der Waals surface area contributed by atoms with Gasteiger partial charge in [0.2, 0.25) is 5.79 Å². The largest absolute Gasteiger partial charge is 0.462 e. The summed E-state index contributed by atoms with van der Waals surface area (Å²) in [7, 11) is 0. The van der Waals surface area contributed by atoms with Crippen LogP contribution in [0, 0.1) is 11.3 Å². The fraction of sp³-hybridized carbons (Fsp3) is 0.727. The van der Waals surface area contributed by atoms with E-state index in [1.54, 1.807) is 26.8 Å². The summed E-state index contributed by atoms with van der Waals surface area (Å²) in [6.07, 6.45) is -0.781. The third-order valence-corrected chi connectivity index (χ3v) is 7.82. The summed E-state index contributed by atoms with van der Waals surface area (Å²) in [6, 6.07) is 0. The Kier molecular flexibility index (Phi) is 4.75. The molecule has 0 aromatic heterocycles. The first-order chi connectivity index (χ1) is 13.9. The van der Waals surface area contributed by atoms with E-state index in [0.717, 1.165) is 0 Å². The molecule has 2 aliphatic heterocycles. The van der Waals surface area contributed by atoms with Crippen LogP contribution in [0.15, 0.2) is 22.8 Å². The number of carbonyl (C=O) groups is 2. The number of ether oxygens (including phenoxy) is 4. The van der Waals surface area contributed by atoms with E-state index in [2.05, 4.69) is 0 Å². The fourth-order valence-corrected chi connectivity index (χ4v) is 5.69. The Balaban J connectivity index is 1.81. The maximum atomic E-state index is 12.7. The van der Waals surface area contributed by atoms with Crippen LogP contribution in [0.4, 0.5) is 0 Å². The van der Waals surface area contributed by atoms with Crippen molar-refractivity contribution in [1.29, 1.82) is 0 Å². The average molecular weight is 422 g/mol. The molecule has 0 radical (unpaired) electrons. The molecule has 8 atom stereocenters. The van der Waals surface area contributed by atoms with E-state index in [1.165, 1.54) is 6.92 Å². The van der Waals surface area contributed by atoms with Gasteiger partial charge in [-0.1, -0.05) is 19.9 Å². The highest BCUT2D eigenvalue weighted by molar-refractivity contribution is 5.88. The number of allylic oxidation sites excluding steroid dienone is 1. The second-order valence-corrected chi connectivity index (χ2v) is 9.25. The lowest BCUT2D eigenvalue weighted by Gasteiger charge is -2.55. The monoisotopic (exact) mass is 422 g/mol. The van der Waals surface area contributed by atoms with Crippen LogP contribution in [-0.2, 0) is 28.5 Å². The van der Waals surface area contributed by atoms with Crippen molar-refractivity contribution in [3.05, 3.63) is 22.8 Å². The second-order valence-electron chi connectivity index (χ2n) is 9.25. The molecular weight excluding hydrogens is 392 g/mol. The molecule has 8 unspecified atom stereocenters. The van der Waals surface area contributed by atoms with Crippen LogP contribution in [0.1, 0.15) is 54.4 Å². The van der Waals surface area contributed by atoms with Crippen molar-refractivity contribution >= 4 is 11.9 Å². The number of esters is 2. The number of aliphatic hydroxyl groups is 2. The zero-order valence-electron chi connectivity index (χ0n) is 18.2.